The Morgan fingerprint density at radius 1 is 1.12 bits per heavy atom. The van der Waals surface area contributed by atoms with Crippen LogP contribution in [0.25, 0.3) is 10.9 Å². The van der Waals surface area contributed by atoms with Gasteiger partial charge in [0.1, 0.15) is 6.04 Å². The fraction of sp³-hybridized carbons (Fsp3) is 0.200. The van der Waals surface area contributed by atoms with Crippen LogP contribution in [-0.2, 0) is 16.0 Å². The summed E-state index contributed by atoms with van der Waals surface area (Å²) in [6.45, 7) is 0. The summed E-state index contributed by atoms with van der Waals surface area (Å²) in [4.78, 5) is 26.7. The number of hydrogen-bond acceptors (Lipinski definition) is 4. The molecule has 3 aromatic rings. The Bertz CT molecular complexity index is 991. The van der Waals surface area contributed by atoms with Gasteiger partial charge in [0.15, 0.2) is 0 Å². The van der Waals surface area contributed by atoms with Crippen LogP contribution in [0.5, 0.6) is 0 Å². The standard InChI is InChI=1S/C20H18N2O4/c1-26-20(25)12-8-6-11(7-9-12)17-18-14(10-16(22-17)19(23)24)13-4-2-3-5-15(13)21-18/h2-9,16-17,21-22H,10H2,1H3,(H,23,24)/t16-,17-/m1/s1. The summed E-state index contributed by atoms with van der Waals surface area (Å²) in [6, 6.07) is 14.0. The number of H-pyrrole nitrogens is 1. The maximum absolute atomic E-state index is 11.6. The first kappa shape index (κ1) is 16.4. The SMILES string of the molecule is COC(=O)c1ccc([C@H]2N[C@@H](C(=O)O)Cc3c2[nH]c2ccccc32)cc1. The number of carboxylic acid groups (broad SMARTS) is 1. The topological polar surface area (TPSA) is 91.4 Å². The lowest BCUT2D eigenvalue weighted by Gasteiger charge is -2.29. The Labute approximate surface area is 149 Å². The summed E-state index contributed by atoms with van der Waals surface area (Å²) in [5.74, 6) is -1.28. The van der Waals surface area contributed by atoms with E-state index in [2.05, 4.69) is 10.3 Å². The fourth-order valence-corrected chi connectivity index (χ4v) is 3.59. The molecule has 26 heavy (non-hydrogen) atoms. The lowest BCUT2D eigenvalue weighted by Crippen LogP contribution is -2.44. The van der Waals surface area contributed by atoms with Crippen molar-refractivity contribution in [1.29, 1.82) is 0 Å². The second-order valence-corrected chi connectivity index (χ2v) is 6.37. The molecule has 0 spiro atoms. The van der Waals surface area contributed by atoms with Crippen molar-refractivity contribution in [2.24, 2.45) is 0 Å². The number of methoxy groups -OCH3 is 1. The number of carboxylic acids is 1. The monoisotopic (exact) mass is 350 g/mol. The summed E-state index contributed by atoms with van der Waals surface area (Å²) in [7, 11) is 1.34. The van der Waals surface area contributed by atoms with Crippen LogP contribution in [0.4, 0.5) is 0 Å². The van der Waals surface area contributed by atoms with Crippen molar-refractivity contribution in [3.8, 4) is 0 Å². The Balaban J connectivity index is 1.80. The Morgan fingerprint density at radius 2 is 1.85 bits per heavy atom. The Morgan fingerprint density at radius 3 is 2.54 bits per heavy atom. The van der Waals surface area contributed by atoms with E-state index in [0.717, 1.165) is 27.7 Å². The van der Waals surface area contributed by atoms with Gasteiger partial charge in [-0.05, 0) is 29.3 Å². The van der Waals surface area contributed by atoms with Gasteiger partial charge in [0, 0.05) is 23.0 Å². The van der Waals surface area contributed by atoms with Crippen LogP contribution in [0.3, 0.4) is 0 Å². The molecule has 6 heteroatoms. The molecule has 0 aliphatic carbocycles. The summed E-state index contributed by atoms with van der Waals surface area (Å²) < 4.78 is 4.73. The van der Waals surface area contributed by atoms with Crippen LogP contribution in [0.1, 0.15) is 33.2 Å². The van der Waals surface area contributed by atoms with Gasteiger partial charge in [0.25, 0.3) is 0 Å². The fourth-order valence-electron chi connectivity index (χ4n) is 3.59. The molecule has 0 bridgehead atoms. The molecular weight excluding hydrogens is 332 g/mol. The van der Waals surface area contributed by atoms with Gasteiger partial charge in [-0.1, -0.05) is 30.3 Å². The average Bonchev–Trinajstić information content (AvgIpc) is 3.05. The lowest BCUT2D eigenvalue weighted by molar-refractivity contribution is -0.139. The highest BCUT2D eigenvalue weighted by atomic mass is 16.5. The van der Waals surface area contributed by atoms with Gasteiger partial charge in [-0.3, -0.25) is 10.1 Å². The number of hydrogen-bond donors (Lipinski definition) is 3. The maximum Gasteiger partial charge on any atom is 0.337 e. The maximum atomic E-state index is 11.6. The van der Waals surface area contributed by atoms with E-state index in [1.165, 1.54) is 7.11 Å². The van der Waals surface area contributed by atoms with E-state index in [1.807, 2.05) is 36.4 Å². The van der Waals surface area contributed by atoms with Gasteiger partial charge in [0.05, 0.1) is 18.7 Å². The van der Waals surface area contributed by atoms with E-state index in [1.54, 1.807) is 12.1 Å². The van der Waals surface area contributed by atoms with Gasteiger partial charge in [0.2, 0.25) is 0 Å². The number of benzene rings is 2. The first-order chi connectivity index (χ1) is 12.6. The van der Waals surface area contributed by atoms with E-state index in [4.69, 9.17) is 4.74 Å². The highest BCUT2D eigenvalue weighted by Crippen LogP contribution is 2.35. The summed E-state index contributed by atoms with van der Waals surface area (Å²) >= 11 is 0. The molecule has 1 aliphatic heterocycles. The minimum Gasteiger partial charge on any atom is -0.480 e. The molecule has 3 N–H and O–H groups in total. The van der Waals surface area contributed by atoms with Crippen LogP contribution in [0.2, 0.25) is 0 Å². The smallest absolute Gasteiger partial charge is 0.337 e. The molecule has 6 nitrogen and oxygen atoms in total. The second-order valence-electron chi connectivity index (χ2n) is 6.37. The molecule has 0 saturated carbocycles. The van der Waals surface area contributed by atoms with Crippen molar-refractivity contribution < 1.29 is 19.4 Å². The number of fused-ring (bicyclic) bond motifs is 3. The van der Waals surface area contributed by atoms with Gasteiger partial charge in [-0.2, -0.15) is 0 Å². The second kappa shape index (κ2) is 6.31. The molecule has 2 heterocycles. The summed E-state index contributed by atoms with van der Waals surface area (Å²) in [5, 5.41) is 13.8. The quantitative estimate of drug-likeness (QED) is 0.632. The van der Waals surface area contributed by atoms with Crippen molar-refractivity contribution in [3.05, 3.63) is 70.9 Å². The Hall–Kier alpha value is -3.12. The van der Waals surface area contributed by atoms with Crippen molar-refractivity contribution >= 4 is 22.8 Å². The lowest BCUT2D eigenvalue weighted by atomic mass is 9.90. The first-order valence-corrected chi connectivity index (χ1v) is 8.35. The number of para-hydroxylation sites is 1. The molecule has 1 aliphatic rings. The highest BCUT2D eigenvalue weighted by Gasteiger charge is 2.33. The number of aromatic nitrogens is 1. The predicted molar refractivity (Wildman–Crippen MR) is 96.2 cm³/mol. The van der Waals surface area contributed by atoms with Crippen LogP contribution in [0.15, 0.2) is 48.5 Å². The molecule has 0 radical (unpaired) electrons. The van der Waals surface area contributed by atoms with E-state index in [9.17, 15) is 14.7 Å². The van der Waals surface area contributed by atoms with Crippen LogP contribution in [0, 0.1) is 0 Å². The zero-order valence-electron chi connectivity index (χ0n) is 14.2. The van der Waals surface area contributed by atoms with E-state index in [-0.39, 0.29) is 6.04 Å². The van der Waals surface area contributed by atoms with Crippen molar-refractivity contribution in [2.75, 3.05) is 7.11 Å². The molecule has 132 valence electrons. The minimum absolute atomic E-state index is 0.293. The van der Waals surface area contributed by atoms with E-state index in [0.29, 0.717) is 12.0 Å². The van der Waals surface area contributed by atoms with Gasteiger partial charge < -0.3 is 14.8 Å². The number of rotatable bonds is 3. The molecule has 1 aromatic heterocycles. The van der Waals surface area contributed by atoms with Crippen molar-refractivity contribution in [3.63, 3.8) is 0 Å². The zero-order valence-corrected chi connectivity index (χ0v) is 14.2. The van der Waals surface area contributed by atoms with E-state index >= 15 is 0 Å². The molecule has 2 atom stereocenters. The molecule has 0 amide bonds. The molecule has 0 unspecified atom stereocenters. The number of aromatic amines is 1. The minimum atomic E-state index is -0.878. The van der Waals surface area contributed by atoms with Gasteiger partial charge >= 0.3 is 11.9 Å². The molecule has 0 saturated heterocycles. The molecule has 4 rings (SSSR count). The number of carbonyl (C=O) groups excluding carboxylic acids is 1. The van der Waals surface area contributed by atoms with Crippen molar-refractivity contribution in [1.82, 2.24) is 10.3 Å². The number of ether oxygens (including phenoxy) is 1. The third-order valence-corrected chi connectivity index (χ3v) is 4.87. The van der Waals surface area contributed by atoms with Gasteiger partial charge in [-0.15, -0.1) is 0 Å². The molecule has 2 aromatic carbocycles. The van der Waals surface area contributed by atoms with E-state index < -0.39 is 18.0 Å². The highest BCUT2D eigenvalue weighted by molar-refractivity contribution is 5.89. The van der Waals surface area contributed by atoms with Crippen LogP contribution in [-0.4, -0.2) is 35.2 Å². The van der Waals surface area contributed by atoms with Crippen molar-refractivity contribution in [2.45, 2.75) is 18.5 Å². The largest absolute Gasteiger partial charge is 0.480 e. The average molecular weight is 350 g/mol. The summed E-state index contributed by atoms with van der Waals surface area (Å²) in [5.41, 5.74) is 4.32. The number of carbonyl (C=O) groups is 2. The number of nitrogens with one attached hydrogen (secondary N) is 2. The zero-order chi connectivity index (χ0) is 18.3. The third kappa shape index (κ3) is 2.64. The number of aliphatic carboxylic acids is 1. The number of esters is 1. The van der Waals surface area contributed by atoms with Gasteiger partial charge in [-0.25, -0.2) is 4.79 Å². The normalized spacial score (nSPS) is 19.1. The van der Waals surface area contributed by atoms with Crippen LogP contribution >= 0.6 is 0 Å². The third-order valence-electron chi connectivity index (χ3n) is 4.87. The molecule has 0 fully saturated rings. The molecular formula is C20H18N2O4. The van der Waals surface area contributed by atoms with Crippen LogP contribution < -0.4 is 5.32 Å². The Kier molecular flexibility index (Phi) is 3.97. The predicted octanol–water partition coefficient (Wildman–Crippen LogP) is 2.64. The summed E-state index contributed by atoms with van der Waals surface area (Å²) in [6.07, 6.45) is 0.422. The first-order valence-electron chi connectivity index (χ1n) is 8.35.